The number of carbonyl (C=O) groups excluding carboxylic acids is 1. The van der Waals surface area contributed by atoms with Gasteiger partial charge in [0.15, 0.2) is 0 Å². The van der Waals surface area contributed by atoms with Gasteiger partial charge in [-0.05, 0) is 40.2 Å². The minimum Gasteiger partial charge on any atom is -0.444 e. The van der Waals surface area contributed by atoms with E-state index in [1.807, 2.05) is 20.8 Å². The third-order valence-corrected chi connectivity index (χ3v) is 3.96. The highest BCUT2D eigenvalue weighted by atomic mass is 16.4. The Labute approximate surface area is 120 Å². The summed E-state index contributed by atoms with van der Waals surface area (Å²) in [7, 11) is 0. The van der Waals surface area contributed by atoms with Crippen molar-refractivity contribution in [3.05, 3.63) is 17.3 Å². The Bertz CT molecular complexity index is 436. The van der Waals surface area contributed by atoms with E-state index in [0.29, 0.717) is 25.6 Å². The van der Waals surface area contributed by atoms with Crippen LogP contribution in [0.5, 0.6) is 0 Å². The number of piperidine rings is 1. The number of nitrogens with zero attached hydrogens (tertiary/aromatic N) is 2. The Balaban J connectivity index is 1.97. The van der Waals surface area contributed by atoms with Crippen LogP contribution in [0.15, 0.2) is 4.42 Å². The maximum atomic E-state index is 11.8. The van der Waals surface area contributed by atoms with Crippen LogP contribution in [0.25, 0.3) is 0 Å². The summed E-state index contributed by atoms with van der Waals surface area (Å²) in [6.45, 7) is 8.28. The summed E-state index contributed by atoms with van der Waals surface area (Å²) in [5, 5.41) is 2.89. The van der Waals surface area contributed by atoms with Gasteiger partial charge in [0.1, 0.15) is 5.76 Å². The molecular weight excluding hydrogens is 254 g/mol. The molecule has 5 heteroatoms. The van der Waals surface area contributed by atoms with Gasteiger partial charge in [-0.1, -0.05) is 6.42 Å². The Kier molecular flexibility index (Phi) is 5.17. The molecule has 1 N–H and O–H groups in total. The van der Waals surface area contributed by atoms with Gasteiger partial charge in [0, 0.05) is 19.0 Å². The third-order valence-electron chi connectivity index (χ3n) is 3.96. The van der Waals surface area contributed by atoms with Crippen LogP contribution in [0.3, 0.4) is 0 Å². The summed E-state index contributed by atoms with van der Waals surface area (Å²) >= 11 is 0. The van der Waals surface area contributed by atoms with Crippen molar-refractivity contribution in [2.24, 2.45) is 0 Å². The predicted octanol–water partition coefficient (Wildman–Crippen LogP) is 2.17. The molecule has 1 aliphatic rings. The normalized spacial score (nSPS) is 20.1. The van der Waals surface area contributed by atoms with Gasteiger partial charge in [-0.2, -0.15) is 0 Å². The number of rotatable bonds is 5. The van der Waals surface area contributed by atoms with Crippen molar-refractivity contribution in [2.45, 2.75) is 59.0 Å². The van der Waals surface area contributed by atoms with Gasteiger partial charge in [-0.15, -0.1) is 0 Å². The second kappa shape index (κ2) is 6.88. The van der Waals surface area contributed by atoms with Crippen molar-refractivity contribution in [1.82, 2.24) is 15.2 Å². The van der Waals surface area contributed by atoms with E-state index in [1.165, 1.54) is 12.8 Å². The molecule has 1 atom stereocenters. The largest absolute Gasteiger partial charge is 0.444 e. The first-order valence-electron chi connectivity index (χ1n) is 7.53. The van der Waals surface area contributed by atoms with Crippen molar-refractivity contribution in [3.63, 3.8) is 0 Å². The van der Waals surface area contributed by atoms with E-state index in [0.717, 1.165) is 30.3 Å². The van der Waals surface area contributed by atoms with Crippen LogP contribution in [0, 0.1) is 13.8 Å². The highest BCUT2D eigenvalue weighted by Gasteiger charge is 2.26. The molecule has 0 saturated carbocycles. The summed E-state index contributed by atoms with van der Waals surface area (Å²) in [5.41, 5.74) is 0.956. The fraction of sp³-hybridized carbons (Fsp3) is 0.733. The van der Waals surface area contributed by atoms with E-state index in [1.54, 1.807) is 0 Å². The van der Waals surface area contributed by atoms with Crippen LogP contribution in [0.4, 0.5) is 0 Å². The fourth-order valence-corrected chi connectivity index (χ4v) is 2.76. The molecular formula is C15H25N3O2. The number of hydrogen-bond donors (Lipinski definition) is 1. The molecule has 1 aromatic rings. The molecule has 1 saturated heterocycles. The average molecular weight is 279 g/mol. The number of carbonyl (C=O) groups is 1. The molecule has 0 spiro atoms. The maximum absolute atomic E-state index is 11.8. The van der Waals surface area contributed by atoms with Crippen LogP contribution in [0.1, 0.15) is 50.0 Å². The third kappa shape index (κ3) is 3.82. The van der Waals surface area contributed by atoms with Crippen molar-refractivity contribution < 1.29 is 9.21 Å². The van der Waals surface area contributed by atoms with Gasteiger partial charge in [0.2, 0.25) is 11.8 Å². The second-order valence-corrected chi connectivity index (χ2v) is 5.53. The first kappa shape index (κ1) is 15.0. The van der Waals surface area contributed by atoms with E-state index in [2.05, 4.69) is 15.2 Å². The lowest BCUT2D eigenvalue weighted by atomic mass is 9.99. The first-order chi connectivity index (χ1) is 9.60. The molecule has 1 amide bonds. The van der Waals surface area contributed by atoms with Crippen molar-refractivity contribution in [2.75, 3.05) is 13.1 Å². The highest BCUT2D eigenvalue weighted by Crippen LogP contribution is 2.22. The highest BCUT2D eigenvalue weighted by molar-refractivity contribution is 5.76. The van der Waals surface area contributed by atoms with Gasteiger partial charge in [0.25, 0.3) is 0 Å². The molecule has 0 aromatic carbocycles. The molecule has 1 aromatic heterocycles. The minimum absolute atomic E-state index is 0.143. The smallest absolute Gasteiger partial charge is 0.221 e. The molecule has 0 bridgehead atoms. The SMILES string of the molecule is CCNC(=O)CC1CCCCN1Cc1nc(C)c(C)o1. The van der Waals surface area contributed by atoms with E-state index in [4.69, 9.17) is 4.42 Å². The van der Waals surface area contributed by atoms with Gasteiger partial charge in [-0.25, -0.2) is 4.98 Å². The summed E-state index contributed by atoms with van der Waals surface area (Å²) in [5.74, 6) is 1.80. The van der Waals surface area contributed by atoms with Crippen LogP contribution in [0.2, 0.25) is 0 Å². The molecule has 0 radical (unpaired) electrons. The Morgan fingerprint density at radius 2 is 2.25 bits per heavy atom. The second-order valence-electron chi connectivity index (χ2n) is 5.53. The predicted molar refractivity (Wildman–Crippen MR) is 77.3 cm³/mol. The molecule has 0 aliphatic carbocycles. The lowest BCUT2D eigenvalue weighted by molar-refractivity contribution is -0.122. The van der Waals surface area contributed by atoms with Crippen molar-refractivity contribution in [1.29, 1.82) is 0 Å². The number of amides is 1. The van der Waals surface area contributed by atoms with Crippen LogP contribution < -0.4 is 5.32 Å². The quantitative estimate of drug-likeness (QED) is 0.897. The first-order valence-corrected chi connectivity index (χ1v) is 7.53. The molecule has 2 rings (SSSR count). The number of hydrogen-bond acceptors (Lipinski definition) is 4. The number of aromatic nitrogens is 1. The minimum atomic E-state index is 0.143. The van der Waals surface area contributed by atoms with Gasteiger partial charge < -0.3 is 9.73 Å². The van der Waals surface area contributed by atoms with Gasteiger partial charge in [-0.3, -0.25) is 9.69 Å². The molecule has 1 aliphatic heterocycles. The summed E-state index contributed by atoms with van der Waals surface area (Å²) in [6, 6.07) is 0.308. The molecule has 1 fully saturated rings. The van der Waals surface area contributed by atoms with Crippen LogP contribution in [-0.4, -0.2) is 34.9 Å². The van der Waals surface area contributed by atoms with Crippen LogP contribution in [-0.2, 0) is 11.3 Å². The summed E-state index contributed by atoms with van der Waals surface area (Å²) in [4.78, 5) is 18.6. The van der Waals surface area contributed by atoms with Gasteiger partial charge in [0.05, 0.1) is 12.2 Å². The van der Waals surface area contributed by atoms with E-state index in [9.17, 15) is 4.79 Å². The molecule has 1 unspecified atom stereocenters. The monoisotopic (exact) mass is 279 g/mol. The zero-order chi connectivity index (χ0) is 14.5. The topological polar surface area (TPSA) is 58.4 Å². The van der Waals surface area contributed by atoms with Crippen molar-refractivity contribution in [3.8, 4) is 0 Å². The Morgan fingerprint density at radius 1 is 1.45 bits per heavy atom. The number of likely N-dealkylation sites (tertiary alicyclic amines) is 1. The number of aryl methyl sites for hydroxylation is 2. The molecule has 20 heavy (non-hydrogen) atoms. The Hall–Kier alpha value is -1.36. The Morgan fingerprint density at radius 3 is 2.90 bits per heavy atom. The van der Waals surface area contributed by atoms with E-state index < -0.39 is 0 Å². The lowest BCUT2D eigenvalue weighted by Crippen LogP contribution is -2.42. The molecule has 2 heterocycles. The molecule has 5 nitrogen and oxygen atoms in total. The number of nitrogens with one attached hydrogen (secondary N) is 1. The number of oxazole rings is 1. The van der Waals surface area contributed by atoms with E-state index >= 15 is 0 Å². The zero-order valence-electron chi connectivity index (χ0n) is 12.7. The van der Waals surface area contributed by atoms with Crippen molar-refractivity contribution >= 4 is 5.91 Å². The maximum Gasteiger partial charge on any atom is 0.221 e. The summed E-state index contributed by atoms with van der Waals surface area (Å²) in [6.07, 6.45) is 4.04. The van der Waals surface area contributed by atoms with Crippen LogP contribution >= 0.6 is 0 Å². The molecule has 112 valence electrons. The van der Waals surface area contributed by atoms with E-state index in [-0.39, 0.29) is 5.91 Å². The summed E-state index contributed by atoms with van der Waals surface area (Å²) < 4.78 is 5.66. The van der Waals surface area contributed by atoms with Gasteiger partial charge >= 0.3 is 0 Å². The zero-order valence-corrected chi connectivity index (χ0v) is 12.7. The lowest BCUT2D eigenvalue weighted by Gasteiger charge is -2.34. The fourth-order valence-electron chi connectivity index (χ4n) is 2.76. The average Bonchev–Trinajstić information content (AvgIpc) is 2.71. The standard InChI is InChI=1S/C15H25N3O2/c1-4-16-14(19)9-13-7-5-6-8-18(13)10-15-17-11(2)12(3)20-15/h13H,4-10H2,1-3H3,(H,16,19).